The number of allylic oxidation sites excluding steroid dienone is 4. The highest BCUT2D eigenvalue weighted by molar-refractivity contribution is 6.23. The Kier molecular flexibility index (Phi) is 11.0. The van der Waals surface area contributed by atoms with E-state index in [1.54, 1.807) is 0 Å². The van der Waals surface area contributed by atoms with Crippen LogP contribution in [0, 0.1) is 0 Å². The fraction of sp³-hybridized carbons (Fsp3) is 0.0746. The van der Waals surface area contributed by atoms with Gasteiger partial charge in [0, 0.05) is 38.2 Å². The molecule has 0 aliphatic carbocycles. The molecule has 0 spiro atoms. The highest BCUT2D eigenvalue weighted by Gasteiger charge is 2.21. The van der Waals surface area contributed by atoms with Crippen LogP contribution in [0.5, 0.6) is 0 Å². The zero-order valence-corrected chi connectivity index (χ0v) is 39.6. The van der Waals surface area contributed by atoms with E-state index in [1.807, 2.05) is 6.20 Å². The third-order valence-electron chi connectivity index (χ3n) is 13.7. The summed E-state index contributed by atoms with van der Waals surface area (Å²) in [6.45, 7) is 6.62. The van der Waals surface area contributed by atoms with Crippen molar-refractivity contribution in [1.29, 1.82) is 0 Å². The van der Waals surface area contributed by atoms with Gasteiger partial charge in [0.25, 0.3) is 0 Å². The lowest BCUT2D eigenvalue weighted by atomic mass is 9.91. The Bertz CT molecular complexity index is 3990. The molecule has 12 aromatic rings. The van der Waals surface area contributed by atoms with Crippen molar-refractivity contribution in [3.05, 3.63) is 241 Å². The Hall–Kier alpha value is -8.66. The number of aromatic nitrogens is 2. The van der Waals surface area contributed by atoms with Crippen molar-refractivity contribution < 1.29 is 4.42 Å². The molecule has 3 nitrogen and oxygen atoms in total. The van der Waals surface area contributed by atoms with Gasteiger partial charge in [-0.2, -0.15) is 0 Å². The summed E-state index contributed by atoms with van der Waals surface area (Å²) in [5, 5.41) is 6.74. The molecule has 0 aliphatic rings. The zero-order valence-electron chi connectivity index (χ0n) is 39.6. The molecular formula is C67H50N2O. The van der Waals surface area contributed by atoms with Crippen molar-refractivity contribution in [2.45, 2.75) is 33.6 Å². The minimum atomic E-state index is 0.749. The maximum Gasteiger partial charge on any atom is 0.143 e. The number of benzene rings is 10. The molecule has 70 heavy (non-hydrogen) atoms. The van der Waals surface area contributed by atoms with Crippen LogP contribution >= 0.6 is 0 Å². The van der Waals surface area contributed by atoms with Gasteiger partial charge < -0.3 is 4.42 Å². The summed E-state index contributed by atoms with van der Waals surface area (Å²) in [7, 11) is 0. The standard InChI is InChI=1S/C67H50N2O/c1-4-18-43(2)33-44(3)34-55-38-53(49-25-15-23-47(35-49)45-19-7-5-8-20-45)40-61-62-41-54(50-26-16-24-48(36-50)46-21-9-6-10-22-46)39-60(67(62)70-66(55)61)51-27-17-28-52(37-51)63-42-68-64-58-31-13-11-29-56(58)57-30-12-14-32-59(57)65(64)69-63/h5-33,35-42H,4,34H2,1-3H3. The van der Waals surface area contributed by atoms with Gasteiger partial charge in [0.1, 0.15) is 11.2 Å². The molecule has 0 N–H and O–H groups in total. The van der Waals surface area contributed by atoms with E-state index in [1.165, 1.54) is 49.7 Å². The van der Waals surface area contributed by atoms with Gasteiger partial charge in [0.15, 0.2) is 0 Å². The summed E-state index contributed by atoms with van der Waals surface area (Å²) < 4.78 is 7.31. The minimum Gasteiger partial charge on any atom is -0.455 e. The molecule has 0 radical (unpaired) electrons. The summed E-state index contributed by atoms with van der Waals surface area (Å²) in [5.41, 5.74) is 20.5. The molecule has 10 aromatic carbocycles. The molecule has 3 heteroatoms. The Labute approximate surface area is 408 Å². The lowest BCUT2D eigenvalue weighted by molar-refractivity contribution is 0.665. The Morgan fingerprint density at radius 3 is 1.53 bits per heavy atom. The minimum absolute atomic E-state index is 0.749. The molecule has 0 saturated carbocycles. The molecule has 0 amide bonds. The first-order chi connectivity index (χ1) is 34.5. The molecular weight excluding hydrogens is 849 g/mol. The van der Waals surface area contributed by atoms with Gasteiger partial charge in [0.2, 0.25) is 0 Å². The highest BCUT2D eigenvalue weighted by atomic mass is 16.3. The molecule has 12 rings (SSSR count). The number of hydrogen-bond donors (Lipinski definition) is 0. The molecule has 0 fully saturated rings. The monoisotopic (exact) mass is 898 g/mol. The smallest absolute Gasteiger partial charge is 0.143 e. The van der Waals surface area contributed by atoms with Crippen molar-refractivity contribution in [2.75, 3.05) is 0 Å². The van der Waals surface area contributed by atoms with Crippen LogP contribution in [0.4, 0.5) is 0 Å². The Morgan fingerprint density at radius 2 is 0.914 bits per heavy atom. The van der Waals surface area contributed by atoms with Crippen molar-refractivity contribution in [3.8, 4) is 66.9 Å². The average Bonchev–Trinajstić information content (AvgIpc) is 3.80. The van der Waals surface area contributed by atoms with E-state index in [9.17, 15) is 0 Å². The predicted octanol–water partition coefficient (Wildman–Crippen LogP) is 18.7. The van der Waals surface area contributed by atoms with E-state index in [4.69, 9.17) is 14.4 Å². The van der Waals surface area contributed by atoms with E-state index < -0.39 is 0 Å². The molecule has 2 aromatic heterocycles. The highest BCUT2D eigenvalue weighted by Crippen LogP contribution is 2.44. The van der Waals surface area contributed by atoms with Gasteiger partial charge in [-0.05, 0) is 130 Å². The van der Waals surface area contributed by atoms with Gasteiger partial charge in [-0.3, -0.25) is 4.98 Å². The molecule has 334 valence electrons. The van der Waals surface area contributed by atoms with E-state index in [2.05, 4.69) is 239 Å². The zero-order chi connectivity index (χ0) is 47.1. The van der Waals surface area contributed by atoms with E-state index in [0.717, 1.165) is 101 Å². The SMILES string of the molecule is CCC=C(C)C=C(C)Cc1cc(-c2cccc(-c3ccccc3)c2)cc2c1oc1c(-c3cccc(-c4cnc5c6ccccc6c6ccccc6c5n4)c3)cc(-c3cccc(-c4ccccc4)c3)cc12. The van der Waals surface area contributed by atoms with Crippen LogP contribution in [-0.4, -0.2) is 9.97 Å². The van der Waals surface area contributed by atoms with Gasteiger partial charge in [-0.15, -0.1) is 0 Å². The van der Waals surface area contributed by atoms with E-state index in [-0.39, 0.29) is 0 Å². The van der Waals surface area contributed by atoms with Crippen LogP contribution in [0.2, 0.25) is 0 Å². The molecule has 0 aliphatic heterocycles. The third-order valence-corrected chi connectivity index (χ3v) is 13.7. The van der Waals surface area contributed by atoms with Crippen LogP contribution in [0.15, 0.2) is 240 Å². The number of furan rings is 1. The second kappa shape index (κ2) is 18.1. The van der Waals surface area contributed by atoms with Crippen LogP contribution in [0.3, 0.4) is 0 Å². The average molecular weight is 899 g/mol. The lowest BCUT2D eigenvalue weighted by Gasteiger charge is -2.12. The van der Waals surface area contributed by atoms with Crippen molar-refractivity contribution in [1.82, 2.24) is 9.97 Å². The van der Waals surface area contributed by atoms with Crippen LogP contribution in [-0.2, 0) is 6.42 Å². The maximum atomic E-state index is 7.31. The molecule has 0 unspecified atom stereocenters. The summed E-state index contributed by atoms with van der Waals surface area (Å²) in [4.78, 5) is 10.5. The van der Waals surface area contributed by atoms with Crippen LogP contribution in [0.25, 0.3) is 121 Å². The van der Waals surface area contributed by atoms with E-state index in [0.29, 0.717) is 0 Å². The first kappa shape index (κ1) is 42.7. The predicted molar refractivity (Wildman–Crippen MR) is 296 cm³/mol. The van der Waals surface area contributed by atoms with Gasteiger partial charge in [-0.1, -0.05) is 194 Å². The molecule has 0 atom stereocenters. The van der Waals surface area contributed by atoms with Crippen LogP contribution in [0.1, 0.15) is 32.8 Å². The first-order valence-electron chi connectivity index (χ1n) is 24.3. The quantitative estimate of drug-likeness (QED) is 0.101. The molecule has 2 heterocycles. The van der Waals surface area contributed by atoms with Crippen molar-refractivity contribution >= 4 is 54.5 Å². The fourth-order valence-electron chi connectivity index (χ4n) is 10.5. The topological polar surface area (TPSA) is 38.9 Å². The second-order valence-corrected chi connectivity index (χ2v) is 18.6. The number of rotatable bonds is 10. The maximum absolute atomic E-state index is 7.31. The number of nitrogens with zero attached hydrogens (tertiary/aromatic N) is 2. The molecule has 0 bridgehead atoms. The Morgan fingerprint density at radius 1 is 0.429 bits per heavy atom. The molecule has 0 saturated heterocycles. The van der Waals surface area contributed by atoms with Crippen LogP contribution < -0.4 is 0 Å². The summed E-state index contributed by atoms with van der Waals surface area (Å²) in [6.07, 6.45) is 8.28. The lowest BCUT2D eigenvalue weighted by Crippen LogP contribution is -1.92. The fourth-order valence-corrected chi connectivity index (χ4v) is 10.5. The Balaban J connectivity index is 1.08. The summed E-state index contributed by atoms with van der Waals surface area (Å²) in [5.74, 6) is 0. The third kappa shape index (κ3) is 7.95. The summed E-state index contributed by atoms with van der Waals surface area (Å²) >= 11 is 0. The first-order valence-corrected chi connectivity index (χ1v) is 24.3. The van der Waals surface area contributed by atoms with Gasteiger partial charge >= 0.3 is 0 Å². The normalized spacial score (nSPS) is 12.2. The number of fused-ring (bicyclic) bond motifs is 9. The van der Waals surface area contributed by atoms with E-state index >= 15 is 0 Å². The van der Waals surface area contributed by atoms with Crippen molar-refractivity contribution in [2.24, 2.45) is 0 Å². The van der Waals surface area contributed by atoms with Gasteiger partial charge in [-0.25, -0.2) is 4.98 Å². The van der Waals surface area contributed by atoms with Crippen molar-refractivity contribution in [3.63, 3.8) is 0 Å². The largest absolute Gasteiger partial charge is 0.455 e. The number of hydrogen-bond acceptors (Lipinski definition) is 3. The summed E-state index contributed by atoms with van der Waals surface area (Å²) in [6, 6.07) is 74.2. The van der Waals surface area contributed by atoms with Gasteiger partial charge in [0.05, 0.1) is 22.9 Å². The second-order valence-electron chi connectivity index (χ2n) is 18.6.